The number of likely N-dealkylation sites (N-methyl/N-ethyl adjacent to an activating group) is 1. The van der Waals surface area contributed by atoms with Crippen LogP contribution in [0.15, 0.2) is 0 Å². The quantitative estimate of drug-likeness (QED) is 0.466. The molecular weight excluding hydrogens is 212 g/mol. The Kier molecular flexibility index (Phi) is 5.98. The van der Waals surface area contributed by atoms with Gasteiger partial charge in [0.05, 0.1) is 5.54 Å². The van der Waals surface area contributed by atoms with Gasteiger partial charge in [0, 0.05) is 13.0 Å². The van der Waals surface area contributed by atoms with Crippen LogP contribution in [-0.4, -0.2) is 46.8 Å². The molecule has 0 aromatic rings. The topological polar surface area (TPSA) is 98.7 Å². The van der Waals surface area contributed by atoms with Crippen LogP contribution >= 0.6 is 0 Å². The van der Waals surface area contributed by atoms with Gasteiger partial charge in [-0.15, -0.1) is 0 Å². The van der Waals surface area contributed by atoms with Crippen LogP contribution in [0, 0.1) is 0 Å². The lowest BCUT2D eigenvalue weighted by molar-refractivity contribution is -0.147. The molecule has 4 N–H and O–H groups in total. The van der Waals surface area contributed by atoms with Crippen molar-refractivity contribution in [1.29, 1.82) is 0 Å². The Balaban J connectivity index is 3.94. The first-order chi connectivity index (χ1) is 7.31. The van der Waals surface area contributed by atoms with Crippen molar-refractivity contribution >= 4 is 11.9 Å². The van der Waals surface area contributed by atoms with Gasteiger partial charge in [-0.1, -0.05) is 6.92 Å². The number of carbonyl (C=O) groups excluding carboxylic acids is 1. The average molecular weight is 232 g/mol. The molecule has 1 atom stereocenters. The summed E-state index contributed by atoms with van der Waals surface area (Å²) in [7, 11) is 0. The molecule has 16 heavy (non-hydrogen) atoms. The second-order valence-electron chi connectivity index (χ2n) is 4.05. The highest BCUT2D eigenvalue weighted by molar-refractivity contribution is 5.85. The van der Waals surface area contributed by atoms with Gasteiger partial charge in [-0.25, -0.2) is 4.79 Å². The largest absolute Gasteiger partial charge is 0.479 e. The summed E-state index contributed by atoms with van der Waals surface area (Å²) in [4.78, 5) is 21.9. The van der Waals surface area contributed by atoms with Gasteiger partial charge in [-0.05, 0) is 20.4 Å². The molecule has 0 saturated carbocycles. The monoisotopic (exact) mass is 232 g/mol. The third kappa shape index (κ3) is 5.09. The van der Waals surface area contributed by atoms with Crippen molar-refractivity contribution in [2.45, 2.75) is 38.8 Å². The number of aliphatic carboxylic acids is 1. The minimum atomic E-state index is -1.43. The number of aliphatic hydroxyl groups is 1. The van der Waals surface area contributed by atoms with Crippen molar-refractivity contribution in [3.63, 3.8) is 0 Å². The predicted octanol–water partition coefficient (Wildman–Crippen LogP) is -0.674. The highest BCUT2D eigenvalue weighted by atomic mass is 16.4. The molecule has 0 aliphatic rings. The maximum atomic E-state index is 11.6. The fourth-order valence-corrected chi connectivity index (χ4v) is 1.19. The first-order valence-corrected chi connectivity index (χ1v) is 5.25. The third-order valence-electron chi connectivity index (χ3n) is 2.17. The molecule has 0 aliphatic heterocycles. The molecular formula is C10H20N2O4. The summed E-state index contributed by atoms with van der Waals surface area (Å²) in [5, 5.41) is 23.0. The van der Waals surface area contributed by atoms with Crippen molar-refractivity contribution in [3.8, 4) is 0 Å². The number of amides is 1. The average Bonchev–Trinajstić information content (AvgIpc) is 2.16. The predicted molar refractivity (Wildman–Crippen MR) is 59.0 cm³/mol. The zero-order chi connectivity index (χ0) is 12.8. The minimum Gasteiger partial charge on any atom is -0.479 e. The zero-order valence-corrected chi connectivity index (χ0v) is 9.91. The van der Waals surface area contributed by atoms with E-state index in [0.717, 1.165) is 0 Å². The van der Waals surface area contributed by atoms with E-state index >= 15 is 0 Å². The first kappa shape index (κ1) is 14.9. The zero-order valence-electron chi connectivity index (χ0n) is 9.91. The normalized spacial score (nSPS) is 13.2. The molecule has 0 bridgehead atoms. The van der Waals surface area contributed by atoms with E-state index in [1.54, 1.807) is 13.8 Å². The Labute approximate surface area is 95.0 Å². The highest BCUT2D eigenvalue weighted by Crippen LogP contribution is 2.01. The molecule has 0 spiro atoms. The summed E-state index contributed by atoms with van der Waals surface area (Å²) < 4.78 is 0. The molecule has 0 radical (unpaired) electrons. The van der Waals surface area contributed by atoms with Crippen molar-refractivity contribution in [1.82, 2.24) is 10.6 Å². The van der Waals surface area contributed by atoms with Crippen LogP contribution in [0.1, 0.15) is 27.2 Å². The van der Waals surface area contributed by atoms with Gasteiger partial charge in [0.25, 0.3) is 0 Å². The van der Waals surface area contributed by atoms with Crippen LogP contribution in [0.3, 0.4) is 0 Å². The molecule has 0 aliphatic carbocycles. The number of carboxylic acids is 1. The van der Waals surface area contributed by atoms with Gasteiger partial charge in [0.15, 0.2) is 6.10 Å². The lowest BCUT2D eigenvalue weighted by Gasteiger charge is -2.24. The lowest BCUT2D eigenvalue weighted by Crippen LogP contribution is -2.53. The Morgan fingerprint density at radius 2 is 1.94 bits per heavy atom. The van der Waals surface area contributed by atoms with E-state index in [1.165, 1.54) is 0 Å². The van der Waals surface area contributed by atoms with E-state index in [-0.39, 0.29) is 18.9 Å². The number of nitrogens with one attached hydrogen (secondary N) is 2. The number of aliphatic hydroxyl groups excluding tert-OH is 1. The summed E-state index contributed by atoms with van der Waals surface area (Å²) in [6.45, 7) is 6.17. The summed E-state index contributed by atoms with van der Waals surface area (Å²) in [6, 6.07) is 0. The number of hydrogen-bond donors (Lipinski definition) is 4. The van der Waals surface area contributed by atoms with E-state index in [4.69, 9.17) is 10.2 Å². The molecule has 0 rings (SSSR count). The number of carbonyl (C=O) groups is 2. The van der Waals surface area contributed by atoms with Crippen LogP contribution in [0.5, 0.6) is 0 Å². The SMILES string of the molecule is CCNC(C)(C)C(=O)NCCC(O)C(=O)O. The maximum absolute atomic E-state index is 11.6. The van der Waals surface area contributed by atoms with Gasteiger partial charge < -0.3 is 20.8 Å². The van der Waals surface area contributed by atoms with Crippen molar-refractivity contribution in [3.05, 3.63) is 0 Å². The van der Waals surface area contributed by atoms with Gasteiger partial charge >= 0.3 is 5.97 Å². The van der Waals surface area contributed by atoms with Crippen LogP contribution in [0.2, 0.25) is 0 Å². The number of carboxylic acid groups (broad SMARTS) is 1. The van der Waals surface area contributed by atoms with Crippen LogP contribution in [0.25, 0.3) is 0 Å². The summed E-state index contributed by atoms with van der Waals surface area (Å²) in [5.74, 6) is -1.49. The van der Waals surface area contributed by atoms with E-state index in [1.807, 2.05) is 6.92 Å². The second-order valence-corrected chi connectivity index (χ2v) is 4.05. The fraction of sp³-hybridized carbons (Fsp3) is 0.800. The van der Waals surface area contributed by atoms with Crippen LogP contribution < -0.4 is 10.6 Å². The van der Waals surface area contributed by atoms with Gasteiger partial charge in [-0.3, -0.25) is 4.79 Å². The van der Waals surface area contributed by atoms with E-state index in [2.05, 4.69) is 10.6 Å². The van der Waals surface area contributed by atoms with Crippen molar-refractivity contribution in [2.75, 3.05) is 13.1 Å². The van der Waals surface area contributed by atoms with E-state index in [9.17, 15) is 9.59 Å². The molecule has 0 aromatic heterocycles. The molecule has 6 nitrogen and oxygen atoms in total. The molecule has 0 heterocycles. The van der Waals surface area contributed by atoms with E-state index in [0.29, 0.717) is 6.54 Å². The Morgan fingerprint density at radius 3 is 2.38 bits per heavy atom. The highest BCUT2D eigenvalue weighted by Gasteiger charge is 2.25. The van der Waals surface area contributed by atoms with Crippen molar-refractivity contribution in [2.24, 2.45) is 0 Å². The molecule has 0 fully saturated rings. The fourth-order valence-electron chi connectivity index (χ4n) is 1.19. The summed E-state index contributed by atoms with van der Waals surface area (Å²) in [6.07, 6.45) is -1.42. The lowest BCUT2D eigenvalue weighted by atomic mass is 10.0. The van der Waals surface area contributed by atoms with E-state index < -0.39 is 17.6 Å². The number of hydrogen-bond acceptors (Lipinski definition) is 4. The molecule has 0 aromatic carbocycles. The summed E-state index contributed by atoms with van der Waals surface area (Å²) in [5.41, 5.74) is -0.692. The Bertz CT molecular complexity index is 253. The summed E-state index contributed by atoms with van der Waals surface area (Å²) >= 11 is 0. The maximum Gasteiger partial charge on any atom is 0.332 e. The van der Waals surface area contributed by atoms with Crippen LogP contribution in [0.4, 0.5) is 0 Å². The first-order valence-electron chi connectivity index (χ1n) is 5.25. The smallest absolute Gasteiger partial charge is 0.332 e. The Morgan fingerprint density at radius 1 is 1.38 bits per heavy atom. The number of rotatable bonds is 7. The van der Waals surface area contributed by atoms with Gasteiger partial charge in [0.2, 0.25) is 5.91 Å². The molecule has 94 valence electrons. The second kappa shape index (κ2) is 6.44. The minimum absolute atomic E-state index is 0.00325. The molecule has 0 saturated heterocycles. The molecule has 1 unspecified atom stereocenters. The van der Waals surface area contributed by atoms with Crippen LogP contribution in [-0.2, 0) is 9.59 Å². The molecule has 6 heteroatoms. The van der Waals surface area contributed by atoms with Gasteiger partial charge in [0.1, 0.15) is 0 Å². The Hall–Kier alpha value is -1.14. The third-order valence-corrected chi connectivity index (χ3v) is 2.17. The standard InChI is InChI=1S/C10H20N2O4/c1-4-12-10(2,3)9(16)11-6-5-7(13)8(14)15/h7,12-13H,4-6H2,1-3H3,(H,11,16)(H,14,15). The van der Waals surface area contributed by atoms with Gasteiger partial charge in [-0.2, -0.15) is 0 Å². The molecule has 1 amide bonds. The van der Waals surface area contributed by atoms with Crippen molar-refractivity contribution < 1.29 is 19.8 Å².